The number of benzene rings is 2. The van der Waals surface area contributed by atoms with Gasteiger partial charge < -0.3 is 15.4 Å². The van der Waals surface area contributed by atoms with E-state index in [2.05, 4.69) is 10.6 Å². The zero-order chi connectivity index (χ0) is 18.4. The monoisotopic (exact) mass is 340 g/mol. The highest BCUT2D eigenvalue weighted by Crippen LogP contribution is 2.19. The van der Waals surface area contributed by atoms with Gasteiger partial charge in [0.1, 0.15) is 0 Å². The van der Waals surface area contributed by atoms with Crippen molar-refractivity contribution in [3.63, 3.8) is 0 Å². The molecule has 0 radical (unpaired) electrons. The fourth-order valence-electron chi connectivity index (χ4n) is 2.22. The Morgan fingerprint density at radius 1 is 0.880 bits per heavy atom. The quantitative estimate of drug-likeness (QED) is 0.662. The SMILES string of the molecule is CCOC(=O)c1ccccc1NC(=O)C(=O)Nc1cccc(C)c1C. The van der Waals surface area contributed by atoms with Gasteiger partial charge in [0.2, 0.25) is 0 Å². The van der Waals surface area contributed by atoms with Gasteiger partial charge in [-0.15, -0.1) is 0 Å². The van der Waals surface area contributed by atoms with Crippen molar-refractivity contribution < 1.29 is 19.1 Å². The van der Waals surface area contributed by atoms with Crippen LogP contribution in [0.4, 0.5) is 11.4 Å². The zero-order valence-corrected chi connectivity index (χ0v) is 14.4. The van der Waals surface area contributed by atoms with Crippen LogP contribution in [0, 0.1) is 13.8 Å². The van der Waals surface area contributed by atoms with E-state index in [1.165, 1.54) is 12.1 Å². The number of anilines is 2. The van der Waals surface area contributed by atoms with Crippen molar-refractivity contribution in [2.75, 3.05) is 17.2 Å². The minimum absolute atomic E-state index is 0.192. The lowest BCUT2D eigenvalue weighted by atomic mass is 10.1. The molecule has 0 bridgehead atoms. The summed E-state index contributed by atoms with van der Waals surface area (Å²) in [5.41, 5.74) is 2.87. The first-order chi connectivity index (χ1) is 11.9. The maximum atomic E-state index is 12.2. The highest BCUT2D eigenvalue weighted by molar-refractivity contribution is 6.44. The second-order valence-electron chi connectivity index (χ2n) is 5.42. The summed E-state index contributed by atoms with van der Waals surface area (Å²) < 4.78 is 4.94. The Morgan fingerprint density at radius 2 is 1.48 bits per heavy atom. The first kappa shape index (κ1) is 18.2. The summed E-state index contributed by atoms with van der Waals surface area (Å²) in [6, 6.07) is 11.8. The van der Waals surface area contributed by atoms with Crippen molar-refractivity contribution >= 4 is 29.2 Å². The van der Waals surface area contributed by atoms with E-state index in [0.717, 1.165) is 11.1 Å². The fraction of sp³-hybridized carbons (Fsp3) is 0.211. The molecule has 0 saturated carbocycles. The molecule has 0 heterocycles. The second-order valence-corrected chi connectivity index (χ2v) is 5.42. The van der Waals surface area contributed by atoms with Crippen LogP contribution in [-0.4, -0.2) is 24.4 Å². The van der Waals surface area contributed by atoms with Crippen molar-refractivity contribution in [3.05, 3.63) is 59.2 Å². The van der Waals surface area contributed by atoms with Gasteiger partial charge in [0.05, 0.1) is 17.9 Å². The minimum Gasteiger partial charge on any atom is -0.462 e. The molecule has 0 spiro atoms. The molecule has 6 heteroatoms. The van der Waals surface area contributed by atoms with Gasteiger partial charge in [-0.25, -0.2) is 4.79 Å². The van der Waals surface area contributed by atoms with E-state index < -0.39 is 17.8 Å². The highest BCUT2D eigenvalue weighted by atomic mass is 16.5. The second kappa shape index (κ2) is 8.10. The van der Waals surface area contributed by atoms with E-state index in [4.69, 9.17) is 4.74 Å². The molecule has 0 fully saturated rings. The van der Waals surface area contributed by atoms with Crippen LogP contribution < -0.4 is 10.6 Å². The van der Waals surface area contributed by atoms with Crippen LogP contribution in [-0.2, 0) is 14.3 Å². The predicted molar refractivity (Wildman–Crippen MR) is 95.6 cm³/mol. The Hall–Kier alpha value is -3.15. The number of aryl methyl sites for hydroxylation is 1. The van der Waals surface area contributed by atoms with Gasteiger partial charge in [0, 0.05) is 5.69 Å². The first-order valence-corrected chi connectivity index (χ1v) is 7.88. The topological polar surface area (TPSA) is 84.5 Å². The number of amides is 2. The van der Waals surface area contributed by atoms with E-state index in [1.807, 2.05) is 19.9 Å². The number of para-hydroxylation sites is 1. The normalized spacial score (nSPS) is 10.0. The molecular formula is C19H20N2O4. The molecule has 6 nitrogen and oxygen atoms in total. The van der Waals surface area contributed by atoms with Gasteiger partial charge in [0.15, 0.2) is 0 Å². The molecule has 0 aliphatic carbocycles. The predicted octanol–water partition coefficient (Wildman–Crippen LogP) is 3.06. The Kier molecular flexibility index (Phi) is 5.89. The minimum atomic E-state index is -0.863. The number of hydrogen-bond donors (Lipinski definition) is 2. The molecule has 2 aromatic carbocycles. The van der Waals surface area contributed by atoms with Crippen molar-refractivity contribution in [1.82, 2.24) is 0 Å². The molecule has 0 saturated heterocycles. The van der Waals surface area contributed by atoms with Crippen LogP contribution in [0.25, 0.3) is 0 Å². The van der Waals surface area contributed by atoms with Crippen molar-refractivity contribution in [1.29, 1.82) is 0 Å². The van der Waals surface area contributed by atoms with E-state index >= 15 is 0 Å². The maximum Gasteiger partial charge on any atom is 0.340 e. The molecule has 130 valence electrons. The molecule has 0 aromatic heterocycles. The molecule has 0 atom stereocenters. The smallest absolute Gasteiger partial charge is 0.340 e. The largest absolute Gasteiger partial charge is 0.462 e. The number of esters is 1. The van der Waals surface area contributed by atoms with Gasteiger partial charge in [-0.05, 0) is 50.1 Å². The summed E-state index contributed by atoms with van der Waals surface area (Å²) >= 11 is 0. The molecule has 0 aliphatic rings. The third kappa shape index (κ3) is 4.44. The number of ether oxygens (including phenoxy) is 1. The fourth-order valence-corrected chi connectivity index (χ4v) is 2.22. The summed E-state index contributed by atoms with van der Waals surface area (Å²) in [5, 5.41) is 5.03. The van der Waals surface area contributed by atoms with Crippen LogP contribution in [0.2, 0.25) is 0 Å². The van der Waals surface area contributed by atoms with E-state index in [-0.39, 0.29) is 17.9 Å². The average molecular weight is 340 g/mol. The number of carbonyl (C=O) groups is 3. The summed E-state index contributed by atoms with van der Waals surface area (Å²) in [7, 11) is 0. The average Bonchev–Trinajstić information content (AvgIpc) is 2.59. The zero-order valence-electron chi connectivity index (χ0n) is 14.4. The molecule has 2 N–H and O–H groups in total. The summed E-state index contributed by atoms with van der Waals surface area (Å²) in [5.74, 6) is -2.24. The number of nitrogens with one attached hydrogen (secondary N) is 2. The molecule has 2 aromatic rings. The van der Waals surface area contributed by atoms with Gasteiger partial charge >= 0.3 is 17.8 Å². The lowest BCUT2D eigenvalue weighted by Gasteiger charge is -2.12. The maximum absolute atomic E-state index is 12.2. The Bertz CT molecular complexity index is 815. The summed E-state index contributed by atoms with van der Waals surface area (Å²) in [6.45, 7) is 5.69. The van der Waals surface area contributed by atoms with Crippen LogP contribution >= 0.6 is 0 Å². The van der Waals surface area contributed by atoms with Gasteiger partial charge in [-0.1, -0.05) is 24.3 Å². The van der Waals surface area contributed by atoms with Crippen molar-refractivity contribution in [2.45, 2.75) is 20.8 Å². The van der Waals surface area contributed by atoms with Crippen LogP contribution in [0.1, 0.15) is 28.4 Å². The van der Waals surface area contributed by atoms with Gasteiger partial charge in [-0.2, -0.15) is 0 Å². The molecule has 2 amide bonds. The van der Waals surface area contributed by atoms with Crippen LogP contribution in [0.5, 0.6) is 0 Å². The molecule has 25 heavy (non-hydrogen) atoms. The lowest BCUT2D eigenvalue weighted by Crippen LogP contribution is -2.30. The lowest BCUT2D eigenvalue weighted by molar-refractivity contribution is -0.133. The standard InChI is InChI=1S/C19H20N2O4/c1-4-25-19(24)14-9-5-6-10-16(14)21-18(23)17(22)20-15-11-7-8-12(2)13(15)3/h5-11H,4H2,1-3H3,(H,20,22)(H,21,23). The molecule has 0 aliphatic heterocycles. The van der Waals surface area contributed by atoms with E-state index in [0.29, 0.717) is 5.69 Å². The Labute approximate surface area is 146 Å². The summed E-state index contributed by atoms with van der Waals surface area (Å²) in [6.07, 6.45) is 0. The Balaban J connectivity index is 2.13. The third-order valence-electron chi connectivity index (χ3n) is 3.73. The van der Waals surface area contributed by atoms with Crippen molar-refractivity contribution in [2.24, 2.45) is 0 Å². The third-order valence-corrected chi connectivity index (χ3v) is 3.73. The van der Waals surface area contributed by atoms with Crippen LogP contribution in [0.15, 0.2) is 42.5 Å². The van der Waals surface area contributed by atoms with Crippen LogP contribution in [0.3, 0.4) is 0 Å². The number of carbonyl (C=O) groups excluding carboxylic acids is 3. The van der Waals surface area contributed by atoms with Gasteiger partial charge in [-0.3, -0.25) is 9.59 Å². The number of rotatable bonds is 4. The highest BCUT2D eigenvalue weighted by Gasteiger charge is 2.19. The van der Waals surface area contributed by atoms with E-state index in [1.54, 1.807) is 31.2 Å². The first-order valence-electron chi connectivity index (χ1n) is 7.88. The summed E-state index contributed by atoms with van der Waals surface area (Å²) in [4.78, 5) is 36.2. The number of hydrogen-bond acceptors (Lipinski definition) is 4. The molecule has 2 rings (SSSR count). The van der Waals surface area contributed by atoms with E-state index in [9.17, 15) is 14.4 Å². The molecule has 0 unspecified atom stereocenters. The Morgan fingerprint density at radius 3 is 2.16 bits per heavy atom. The molecular weight excluding hydrogens is 320 g/mol. The van der Waals surface area contributed by atoms with Gasteiger partial charge in [0.25, 0.3) is 0 Å². The van der Waals surface area contributed by atoms with Crippen molar-refractivity contribution in [3.8, 4) is 0 Å².